The van der Waals surface area contributed by atoms with Crippen molar-refractivity contribution in [2.75, 3.05) is 13.6 Å². The molecule has 0 aliphatic heterocycles. The Labute approximate surface area is 108 Å². The van der Waals surface area contributed by atoms with E-state index in [0.717, 1.165) is 23.6 Å². The molecule has 0 amide bonds. The lowest BCUT2D eigenvalue weighted by Crippen LogP contribution is -2.57. The van der Waals surface area contributed by atoms with Crippen LogP contribution in [0, 0.1) is 5.92 Å². The van der Waals surface area contributed by atoms with Crippen LogP contribution in [0.15, 0.2) is 0 Å². The van der Waals surface area contributed by atoms with E-state index in [1.807, 2.05) is 0 Å². The van der Waals surface area contributed by atoms with Crippen LogP contribution in [-0.4, -0.2) is 37.6 Å². The van der Waals surface area contributed by atoms with Crippen LogP contribution in [0.4, 0.5) is 8.78 Å². The van der Waals surface area contributed by atoms with Crippen molar-refractivity contribution in [3.63, 3.8) is 0 Å². The van der Waals surface area contributed by atoms with E-state index in [2.05, 4.69) is 6.92 Å². The summed E-state index contributed by atoms with van der Waals surface area (Å²) >= 11 is 0. The molecule has 7 heteroatoms. The summed E-state index contributed by atoms with van der Waals surface area (Å²) in [6.45, 7) is 2.17. The van der Waals surface area contributed by atoms with Crippen molar-refractivity contribution in [3.8, 4) is 0 Å². The van der Waals surface area contributed by atoms with E-state index in [4.69, 9.17) is 5.73 Å². The second-order valence-electron chi connectivity index (χ2n) is 5.05. The fourth-order valence-corrected chi connectivity index (χ4v) is 3.70. The molecular weight excluding hydrogens is 262 g/mol. The monoisotopic (exact) mass is 284 g/mol. The number of nitrogens with two attached hydrogens (primary N) is 1. The largest absolute Gasteiger partial charge is 0.350 e. The average molecular weight is 284 g/mol. The molecule has 0 bridgehead atoms. The van der Waals surface area contributed by atoms with Crippen LogP contribution in [0.1, 0.15) is 39.0 Å². The Morgan fingerprint density at radius 2 is 1.89 bits per heavy atom. The zero-order valence-corrected chi connectivity index (χ0v) is 11.7. The van der Waals surface area contributed by atoms with E-state index in [1.165, 1.54) is 7.05 Å². The Balaban J connectivity index is 2.90. The maximum absolute atomic E-state index is 12.6. The minimum Gasteiger partial charge on any atom is -0.329 e. The molecule has 108 valence electrons. The lowest BCUT2D eigenvalue weighted by Gasteiger charge is -2.44. The van der Waals surface area contributed by atoms with Gasteiger partial charge in [-0.25, -0.2) is 8.42 Å². The molecule has 0 aromatic heterocycles. The van der Waals surface area contributed by atoms with E-state index < -0.39 is 21.3 Å². The van der Waals surface area contributed by atoms with E-state index >= 15 is 0 Å². The van der Waals surface area contributed by atoms with Gasteiger partial charge in [0.05, 0.1) is 0 Å². The number of halogens is 2. The molecule has 0 unspecified atom stereocenters. The summed E-state index contributed by atoms with van der Waals surface area (Å²) in [4.78, 5) is 0. The van der Waals surface area contributed by atoms with E-state index in [1.54, 1.807) is 0 Å². The molecule has 0 aromatic carbocycles. The molecule has 0 aromatic rings. The molecule has 18 heavy (non-hydrogen) atoms. The minimum atomic E-state index is -4.55. The van der Waals surface area contributed by atoms with Gasteiger partial charge in [-0.15, -0.1) is 0 Å². The Morgan fingerprint density at radius 3 is 2.22 bits per heavy atom. The predicted octanol–water partition coefficient (Wildman–Crippen LogP) is 1.77. The van der Waals surface area contributed by atoms with Crippen molar-refractivity contribution in [1.82, 2.24) is 4.31 Å². The number of likely N-dealkylation sites (N-methyl/N-ethyl adjacent to an activating group) is 1. The van der Waals surface area contributed by atoms with E-state index in [0.29, 0.717) is 18.8 Å². The molecule has 1 saturated carbocycles. The summed E-state index contributed by atoms with van der Waals surface area (Å²) in [5.41, 5.74) is 4.84. The third-order valence-corrected chi connectivity index (χ3v) is 5.87. The quantitative estimate of drug-likeness (QED) is 0.837. The summed E-state index contributed by atoms with van der Waals surface area (Å²) in [6, 6.07) is 0. The maximum atomic E-state index is 12.6. The lowest BCUT2D eigenvalue weighted by atomic mass is 9.75. The zero-order valence-electron chi connectivity index (χ0n) is 10.9. The van der Waals surface area contributed by atoms with Gasteiger partial charge in [0, 0.05) is 19.1 Å². The van der Waals surface area contributed by atoms with Gasteiger partial charge in [0.15, 0.2) is 0 Å². The van der Waals surface area contributed by atoms with Crippen LogP contribution in [-0.2, 0) is 10.0 Å². The molecule has 4 nitrogen and oxygen atoms in total. The van der Waals surface area contributed by atoms with Crippen LogP contribution in [0.2, 0.25) is 0 Å². The van der Waals surface area contributed by atoms with Gasteiger partial charge in [-0.3, -0.25) is 0 Å². The molecule has 0 atom stereocenters. The summed E-state index contributed by atoms with van der Waals surface area (Å²) in [6.07, 6.45) is 3.84. The van der Waals surface area contributed by atoms with Crippen LogP contribution in [0.5, 0.6) is 0 Å². The van der Waals surface area contributed by atoms with Crippen LogP contribution >= 0.6 is 0 Å². The first kappa shape index (κ1) is 15.8. The average Bonchev–Trinajstić information content (AvgIpc) is 2.37. The highest BCUT2D eigenvalue weighted by Gasteiger charge is 2.45. The second-order valence-corrected chi connectivity index (χ2v) is 6.99. The smallest absolute Gasteiger partial charge is 0.329 e. The van der Waals surface area contributed by atoms with E-state index in [9.17, 15) is 17.2 Å². The number of hydrogen-bond acceptors (Lipinski definition) is 3. The Morgan fingerprint density at radius 1 is 1.39 bits per heavy atom. The molecule has 1 aliphatic rings. The van der Waals surface area contributed by atoms with Crippen LogP contribution < -0.4 is 5.73 Å². The first-order valence-corrected chi connectivity index (χ1v) is 7.76. The summed E-state index contributed by atoms with van der Waals surface area (Å²) in [5, 5.41) is 0. The van der Waals surface area contributed by atoms with Gasteiger partial charge in [-0.2, -0.15) is 13.1 Å². The van der Waals surface area contributed by atoms with Gasteiger partial charge >= 0.3 is 5.76 Å². The predicted molar refractivity (Wildman–Crippen MR) is 66.7 cm³/mol. The molecule has 1 rings (SSSR count). The van der Waals surface area contributed by atoms with Crippen molar-refractivity contribution in [1.29, 1.82) is 0 Å². The van der Waals surface area contributed by atoms with Crippen LogP contribution in [0.3, 0.4) is 0 Å². The highest BCUT2D eigenvalue weighted by Crippen LogP contribution is 2.38. The van der Waals surface area contributed by atoms with Gasteiger partial charge in [0.2, 0.25) is 0 Å². The molecule has 0 spiro atoms. The standard InChI is InChI=1S/C11H22F2N2O2S/c1-3-9-4-6-11(8-14,7-5-9)15(2)18(16,17)10(12)13/h9-10H,3-8,14H2,1-2H3. The number of hydrogen-bond donors (Lipinski definition) is 1. The first-order chi connectivity index (χ1) is 8.30. The topological polar surface area (TPSA) is 63.4 Å². The Bertz CT molecular complexity index is 365. The molecule has 0 heterocycles. The van der Waals surface area contributed by atoms with Gasteiger partial charge < -0.3 is 5.73 Å². The summed E-state index contributed by atoms with van der Waals surface area (Å²) in [5.74, 6) is -2.83. The third-order valence-electron chi connectivity index (χ3n) is 4.27. The van der Waals surface area contributed by atoms with Crippen molar-refractivity contribution in [3.05, 3.63) is 0 Å². The maximum Gasteiger partial charge on any atom is 0.350 e. The second kappa shape index (κ2) is 5.79. The van der Waals surface area contributed by atoms with Crippen LogP contribution in [0.25, 0.3) is 0 Å². The summed E-state index contributed by atoms with van der Waals surface area (Å²) in [7, 11) is -3.33. The third kappa shape index (κ3) is 2.83. The number of alkyl halides is 2. The van der Waals surface area contributed by atoms with Crippen molar-refractivity contribution in [2.45, 2.75) is 50.3 Å². The van der Waals surface area contributed by atoms with Gasteiger partial charge in [-0.1, -0.05) is 13.3 Å². The van der Waals surface area contributed by atoms with Crippen molar-refractivity contribution in [2.24, 2.45) is 11.7 Å². The fraction of sp³-hybridized carbons (Fsp3) is 1.00. The lowest BCUT2D eigenvalue weighted by molar-refractivity contribution is 0.117. The van der Waals surface area contributed by atoms with Gasteiger partial charge in [-0.05, 0) is 31.6 Å². The fourth-order valence-electron chi connectivity index (χ4n) is 2.66. The Hall–Kier alpha value is -0.270. The number of rotatable bonds is 5. The molecule has 0 radical (unpaired) electrons. The van der Waals surface area contributed by atoms with Crippen molar-refractivity contribution >= 4 is 10.0 Å². The normalized spacial score (nSPS) is 30.1. The zero-order chi connectivity index (χ0) is 14.0. The minimum absolute atomic E-state index is 0.0892. The molecular formula is C11H22F2N2O2S. The molecule has 1 fully saturated rings. The molecule has 0 saturated heterocycles. The highest BCUT2D eigenvalue weighted by atomic mass is 32.2. The number of sulfonamides is 1. The van der Waals surface area contributed by atoms with Crippen molar-refractivity contribution < 1.29 is 17.2 Å². The number of nitrogens with zero attached hydrogens (tertiary/aromatic N) is 1. The van der Waals surface area contributed by atoms with E-state index in [-0.39, 0.29) is 6.54 Å². The highest BCUT2D eigenvalue weighted by molar-refractivity contribution is 7.89. The Kier molecular flexibility index (Phi) is 5.08. The molecule has 1 aliphatic carbocycles. The molecule has 2 N–H and O–H groups in total. The van der Waals surface area contributed by atoms with Gasteiger partial charge in [0.25, 0.3) is 10.0 Å². The SMILES string of the molecule is CCC1CCC(CN)(N(C)S(=O)(=O)C(F)F)CC1. The van der Waals surface area contributed by atoms with Gasteiger partial charge in [0.1, 0.15) is 0 Å². The first-order valence-electron chi connectivity index (χ1n) is 6.26. The summed E-state index contributed by atoms with van der Waals surface area (Å²) < 4.78 is 49.1.